The number of benzene rings is 2. The largest absolute Gasteiger partial charge is 0.489 e. The first-order valence-corrected chi connectivity index (χ1v) is 8.28. The summed E-state index contributed by atoms with van der Waals surface area (Å²) in [5.74, 6) is 1.33. The fraction of sp³-hybridized carbons (Fsp3) is 0.167. The van der Waals surface area contributed by atoms with Gasteiger partial charge in [-0.15, -0.1) is 11.8 Å². The fourth-order valence-electron chi connectivity index (χ4n) is 1.86. The number of anilines is 1. The van der Waals surface area contributed by atoms with Gasteiger partial charge < -0.3 is 10.1 Å². The fourth-order valence-corrected chi connectivity index (χ4v) is 2.65. The minimum Gasteiger partial charge on any atom is -0.489 e. The van der Waals surface area contributed by atoms with Crippen LogP contribution in [0.5, 0.6) is 5.75 Å². The van der Waals surface area contributed by atoms with Gasteiger partial charge in [0.15, 0.2) is 0 Å². The molecule has 0 fully saturated rings. The molecule has 0 aliphatic carbocycles. The molecule has 0 unspecified atom stereocenters. The summed E-state index contributed by atoms with van der Waals surface area (Å²) in [6.07, 6.45) is 1.66. The molecule has 0 radical (unpaired) electrons. The van der Waals surface area contributed by atoms with Crippen molar-refractivity contribution in [3.63, 3.8) is 0 Å². The molecule has 2 rings (SSSR count). The van der Waals surface area contributed by atoms with E-state index in [9.17, 15) is 9.18 Å². The summed E-state index contributed by atoms with van der Waals surface area (Å²) in [6.45, 7) is 4.01. The highest BCUT2D eigenvalue weighted by atomic mass is 32.2. The van der Waals surface area contributed by atoms with Crippen LogP contribution in [0.2, 0.25) is 0 Å². The first kappa shape index (κ1) is 17.1. The minimum absolute atomic E-state index is 0.0852. The quantitative estimate of drug-likeness (QED) is 0.735. The first-order chi connectivity index (χ1) is 11.2. The summed E-state index contributed by atoms with van der Waals surface area (Å²) in [5.41, 5.74) is 1.68. The molecule has 1 amide bonds. The number of ether oxygens (including phenoxy) is 1. The molecule has 0 atom stereocenters. The van der Waals surface area contributed by atoms with E-state index in [-0.39, 0.29) is 11.7 Å². The molecule has 0 saturated heterocycles. The molecule has 0 spiro atoms. The van der Waals surface area contributed by atoms with Crippen molar-refractivity contribution >= 4 is 23.4 Å². The molecule has 0 aromatic heterocycles. The number of carbonyl (C=O) groups is 1. The van der Waals surface area contributed by atoms with Gasteiger partial charge in [0.05, 0.1) is 5.75 Å². The maximum Gasteiger partial charge on any atom is 0.234 e. The van der Waals surface area contributed by atoms with E-state index >= 15 is 0 Å². The van der Waals surface area contributed by atoms with Crippen molar-refractivity contribution in [2.24, 2.45) is 0 Å². The van der Waals surface area contributed by atoms with Gasteiger partial charge in [-0.3, -0.25) is 4.79 Å². The molecule has 3 nitrogen and oxygen atoms in total. The van der Waals surface area contributed by atoms with E-state index in [2.05, 4.69) is 11.9 Å². The molecule has 0 saturated carbocycles. The van der Waals surface area contributed by atoms with Crippen LogP contribution in [0.25, 0.3) is 0 Å². The SMILES string of the molecule is C=CCOc1cccc(NC(=O)CSCc2ccc(F)cc2)c1. The number of carbonyl (C=O) groups excluding carboxylic acids is 1. The molecule has 5 heteroatoms. The lowest BCUT2D eigenvalue weighted by Gasteiger charge is -2.08. The van der Waals surface area contributed by atoms with Crippen LogP contribution in [-0.4, -0.2) is 18.3 Å². The zero-order chi connectivity index (χ0) is 16.5. The van der Waals surface area contributed by atoms with Gasteiger partial charge in [0, 0.05) is 17.5 Å². The van der Waals surface area contributed by atoms with Gasteiger partial charge >= 0.3 is 0 Å². The lowest BCUT2D eigenvalue weighted by molar-refractivity contribution is -0.113. The zero-order valence-corrected chi connectivity index (χ0v) is 13.4. The third-order valence-corrected chi connectivity index (χ3v) is 3.90. The third-order valence-electron chi connectivity index (χ3n) is 2.90. The Morgan fingerprint density at radius 3 is 2.78 bits per heavy atom. The standard InChI is InChI=1S/C18H18FNO2S/c1-2-10-22-17-5-3-4-16(11-17)20-18(21)13-23-12-14-6-8-15(19)9-7-14/h2-9,11H,1,10,12-13H2,(H,20,21). The number of rotatable bonds is 8. The van der Waals surface area contributed by atoms with Crippen molar-refractivity contribution in [1.82, 2.24) is 0 Å². The summed E-state index contributed by atoms with van der Waals surface area (Å²) >= 11 is 1.48. The number of halogens is 1. The van der Waals surface area contributed by atoms with Crippen molar-refractivity contribution in [1.29, 1.82) is 0 Å². The topological polar surface area (TPSA) is 38.3 Å². The molecule has 0 aliphatic heterocycles. The van der Waals surface area contributed by atoms with Gasteiger partial charge in [-0.1, -0.05) is 30.9 Å². The lowest BCUT2D eigenvalue weighted by atomic mass is 10.2. The van der Waals surface area contributed by atoms with Crippen LogP contribution in [0.15, 0.2) is 61.2 Å². The zero-order valence-electron chi connectivity index (χ0n) is 12.6. The molecule has 2 aromatic rings. The van der Waals surface area contributed by atoms with Crippen LogP contribution in [0.1, 0.15) is 5.56 Å². The Bertz CT molecular complexity index is 658. The van der Waals surface area contributed by atoms with E-state index in [0.717, 1.165) is 5.56 Å². The highest BCUT2D eigenvalue weighted by Crippen LogP contribution is 2.18. The smallest absolute Gasteiger partial charge is 0.234 e. The van der Waals surface area contributed by atoms with Crippen molar-refractivity contribution in [2.45, 2.75) is 5.75 Å². The van der Waals surface area contributed by atoms with Crippen molar-refractivity contribution in [2.75, 3.05) is 17.7 Å². The Morgan fingerprint density at radius 2 is 2.04 bits per heavy atom. The second-order valence-electron chi connectivity index (χ2n) is 4.79. The Balaban J connectivity index is 1.78. The second-order valence-corrected chi connectivity index (χ2v) is 5.78. The lowest BCUT2D eigenvalue weighted by Crippen LogP contribution is -2.14. The first-order valence-electron chi connectivity index (χ1n) is 7.13. The Labute approximate surface area is 139 Å². The number of hydrogen-bond donors (Lipinski definition) is 1. The molecule has 23 heavy (non-hydrogen) atoms. The van der Waals surface area contributed by atoms with Crippen LogP contribution >= 0.6 is 11.8 Å². The molecule has 2 aromatic carbocycles. The van der Waals surface area contributed by atoms with E-state index in [1.807, 2.05) is 18.2 Å². The summed E-state index contributed by atoms with van der Waals surface area (Å²) in [5, 5.41) is 2.83. The van der Waals surface area contributed by atoms with E-state index in [1.54, 1.807) is 24.3 Å². The molecule has 1 N–H and O–H groups in total. The predicted octanol–water partition coefficient (Wildman–Crippen LogP) is 4.26. The van der Waals surface area contributed by atoms with Gasteiger partial charge in [-0.2, -0.15) is 0 Å². The summed E-state index contributed by atoms with van der Waals surface area (Å²) in [7, 11) is 0. The van der Waals surface area contributed by atoms with Crippen LogP contribution < -0.4 is 10.1 Å². The third kappa shape index (κ3) is 6.16. The Morgan fingerprint density at radius 1 is 1.26 bits per heavy atom. The number of amides is 1. The molecule has 0 bridgehead atoms. The van der Waals surface area contributed by atoms with E-state index in [1.165, 1.54) is 23.9 Å². The summed E-state index contributed by atoms with van der Waals surface area (Å²) in [6, 6.07) is 13.5. The van der Waals surface area contributed by atoms with Gasteiger partial charge in [0.1, 0.15) is 18.2 Å². The summed E-state index contributed by atoms with van der Waals surface area (Å²) < 4.78 is 18.2. The van der Waals surface area contributed by atoms with Crippen LogP contribution in [0, 0.1) is 5.82 Å². The molecule has 0 aliphatic rings. The van der Waals surface area contributed by atoms with Gasteiger partial charge in [0.25, 0.3) is 0 Å². The van der Waals surface area contributed by atoms with Crippen molar-refractivity contribution in [3.05, 3.63) is 72.6 Å². The molecule has 0 heterocycles. The molecular weight excluding hydrogens is 313 g/mol. The Hall–Kier alpha value is -2.27. The number of thioether (sulfide) groups is 1. The monoisotopic (exact) mass is 331 g/mol. The van der Waals surface area contributed by atoms with Crippen LogP contribution in [-0.2, 0) is 10.5 Å². The molecular formula is C18H18FNO2S. The Kier molecular flexibility index (Phi) is 6.69. The van der Waals surface area contributed by atoms with E-state index in [4.69, 9.17) is 4.74 Å². The van der Waals surface area contributed by atoms with Gasteiger partial charge in [-0.25, -0.2) is 4.39 Å². The number of hydrogen-bond acceptors (Lipinski definition) is 3. The van der Waals surface area contributed by atoms with Gasteiger partial charge in [-0.05, 0) is 29.8 Å². The van der Waals surface area contributed by atoms with Crippen LogP contribution in [0.4, 0.5) is 10.1 Å². The number of nitrogens with one attached hydrogen (secondary N) is 1. The minimum atomic E-state index is -0.255. The summed E-state index contributed by atoms with van der Waals surface area (Å²) in [4.78, 5) is 11.9. The average molecular weight is 331 g/mol. The predicted molar refractivity (Wildman–Crippen MR) is 93.3 cm³/mol. The maximum absolute atomic E-state index is 12.8. The maximum atomic E-state index is 12.8. The van der Waals surface area contributed by atoms with E-state index in [0.29, 0.717) is 29.5 Å². The van der Waals surface area contributed by atoms with Gasteiger partial charge in [0.2, 0.25) is 5.91 Å². The highest BCUT2D eigenvalue weighted by molar-refractivity contribution is 7.99. The van der Waals surface area contributed by atoms with E-state index < -0.39 is 0 Å². The average Bonchev–Trinajstić information content (AvgIpc) is 2.55. The second kappa shape index (κ2) is 9.00. The van der Waals surface area contributed by atoms with Crippen molar-refractivity contribution < 1.29 is 13.9 Å². The highest BCUT2D eigenvalue weighted by Gasteiger charge is 2.04. The normalized spacial score (nSPS) is 10.1. The van der Waals surface area contributed by atoms with Crippen molar-refractivity contribution in [3.8, 4) is 5.75 Å². The molecule has 120 valence electrons. The van der Waals surface area contributed by atoms with Crippen LogP contribution in [0.3, 0.4) is 0 Å².